The van der Waals surface area contributed by atoms with Gasteiger partial charge in [-0.25, -0.2) is 4.79 Å². The van der Waals surface area contributed by atoms with E-state index in [-0.39, 0.29) is 17.8 Å². The fraction of sp³-hybridized carbons (Fsp3) is 0.216. The largest absolute Gasteiger partial charge is 0.496 e. The number of hydrogen-bond acceptors (Lipinski definition) is 9. The number of hydrogen-bond donors (Lipinski definition) is 2. The molecule has 49 heavy (non-hydrogen) atoms. The van der Waals surface area contributed by atoms with E-state index in [4.69, 9.17) is 21.1 Å². The van der Waals surface area contributed by atoms with Crippen LogP contribution in [0.2, 0.25) is 5.02 Å². The van der Waals surface area contributed by atoms with Crippen molar-refractivity contribution in [3.63, 3.8) is 0 Å². The van der Waals surface area contributed by atoms with Crippen LogP contribution in [0, 0.1) is 0 Å². The first-order chi connectivity index (χ1) is 23.9. The molecule has 0 spiro atoms. The van der Waals surface area contributed by atoms with Crippen LogP contribution in [-0.4, -0.2) is 53.4 Å². The van der Waals surface area contributed by atoms with Gasteiger partial charge in [-0.15, -0.1) is 11.3 Å². The minimum absolute atomic E-state index is 0.262. The molecule has 2 N–H and O–H groups in total. The maximum absolute atomic E-state index is 12.6. The van der Waals surface area contributed by atoms with Gasteiger partial charge < -0.3 is 20.1 Å². The van der Waals surface area contributed by atoms with E-state index >= 15 is 0 Å². The maximum Gasteiger partial charge on any atom is 0.327 e. The van der Waals surface area contributed by atoms with E-state index in [0.29, 0.717) is 35.0 Å². The van der Waals surface area contributed by atoms with E-state index in [1.807, 2.05) is 36.4 Å². The number of carbonyl (C=O) groups excluding carboxylic acids is 3. The summed E-state index contributed by atoms with van der Waals surface area (Å²) in [6, 6.07) is 21.3. The summed E-state index contributed by atoms with van der Waals surface area (Å²) in [5.74, 6) is -0.482. The zero-order valence-corrected chi connectivity index (χ0v) is 28.7. The topological polar surface area (TPSA) is 123 Å². The molecule has 1 atom stereocenters. The number of pyridine rings is 2. The number of halogens is 1. The zero-order valence-electron chi connectivity index (χ0n) is 27.1. The van der Waals surface area contributed by atoms with Gasteiger partial charge in [-0.2, -0.15) is 0 Å². The van der Waals surface area contributed by atoms with Crippen LogP contribution >= 0.6 is 22.9 Å². The van der Waals surface area contributed by atoms with Crippen LogP contribution in [0.1, 0.15) is 53.9 Å². The first kappa shape index (κ1) is 35.2. The van der Waals surface area contributed by atoms with Crippen LogP contribution in [0.25, 0.3) is 0 Å². The Kier molecular flexibility index (Phi) is 12.5. The fourth-order valence-corrected chi connectivity index (χ4v) is 6.49. The van der Waals surface area contributed by atoms with Gasteiger partial charge in [-0.1, -0.05) is 41.9 Å². The number of amides is 2. The first-order valence-electron chi connectivity index (χ1n) is 15.5. The van der Waals surface area contributed by atoms with E-state index in [1.165, 1.54) is 30.7 Å². The van der Waals surface area contributed by atoms with E-state index in [1.54, 1.807) is 60.4 Å². The molecule has 0 saturated carbocycles. The van der Waals surface area contributed by atoms with Crippen molar-refractivity contribution < 1.29 is 23.9 Å². The van der Waals surface area contributed by atoms with E-state index in [0.717, 1.165) is 36.2 Å². The van der Waals surface area contributed by atoms with Crippen molar-refractivity contribution in [2.45, 2.75) is 32.1 Å². The van der Waals surface area contributed by atoms with Gasteiger partial charge in [-0.05, 0) is 76.5 Å². The number of benzene rings is 2. The number of aromatic nitrogens is 2. The molecule has 252 valence electrons. The number of thiophene rings is 1. The van der Waals surface area contributed by atoms with Crippen molar-refractivity contribution in [1.82, 2.24) is 25.5 Å². The predicted octanol–water partition coefficient (Wildman–Crippen LogP) is 6.02. The second kappa shape index (κ2) is 17.3. The molecule has 0 unspecified atom stereocenters. The highest BCUT2D eigenvalue weighted by atomic mass is 35.5. The van der Waals surface area contributed by atoms with Crippen molar-refractivity contribution in [2.24, 2.45) is 0 Å². The van der Waals surface area contributed by atoms with E-state index < -0.39 is 6.04 Å². The molecule has 0 radical (unpaired) electrons. The van der Waals surface area contributed by atoms with Crippen LogP contribution in [0.4, 0.5) is 0 Å². The second-order valence-electron chi connectivity index (χ2n) is 11.0. The third kappa shape index (κ3) is 9.29. The number of ether oxygens (including phenoxy) is 2. The Balaban J connectivity index is 0.000000199. The van der Waals surface area contributed by atoms with Crippen LogP contribution < -0.4 is 15.4 Å². The molecule has 10 nitrogen and oxygen atoms in total. The smallest absolute Gasteiger partial charge is 0.327 e. The Hall–Kier alpha value is -5.10. The SMILES string of the molecule is COC(=O)[C@H](c1ccccc1Cl)N1CCc2sccc2C1.COc1ccc(C(=O)NCc2cccnc2)cc1C(=O)NCc1cccnc1. The molecule has 2 amide bonds. The van der Waals surface area contributed by atoms with Gasteiger partial charge in [0.1, 0.15) is 11.8 Å². The Morgan fingerprint density at radius 1 is 0.898 bits per heavy atom. The highest BCUT2D eigenvalue weighted by Crippen LogP contribution is 2.34. The van der Waals surface area contributed by atoms with Crippen molar-refractivity contribution in [3.8, 4) is 5.75 Å². The molecular formula is C37H36ClN5O5S. The Morgan fingerprint density at radius 3 is 2.22 bits per heavy atom. The summed E-state index contributed by atoms with van der Waals surface area (Å²) < 4.78 is 10.3. The average molecular weight is 698 g/mol. The molecule has 12 heteroatoms. The number of nitrogens with one attached hydrogen (secondary N) is 2. The van der Waals surface area contributed by atoms with Crippen molar-refractivity contribution >= 4 is 40.7 Å². The molecule has 1 aliphatic rings. The summed E-state index contributed by atoms with van der Waals surface area (Å²) in [6.07, 6.45) is 7.67. The van der Waals surface area contributed by atoms with Crippen molar-refractivity contribution in [2.75, 3.05) is 20.8 Å². The summed E-state index contributed by atoms with van der Waals surface area (Å²) in [6.45, 7) is 2.26. The summed E-state index contributed by atoms with van der Waals surface area (Å²) in [4.78, 5) is 48.9. The minimum Gasteiger partial charge on any atom is -0.496 e. The number of nitrogens with zero attached hydrogens (tertiary/aromatic N) is 3. The number of fused-ring (bicyclic) bond motifs is 1. The number of methoxy groups -OCH3 is 2. The fourth-order valence-electron chi connectivity index (χ4n) is 5.37. The summed E-state index contributed by atoms with van der Waals surface area (Å²) in [7, 11) is 2.90. The zero-order chi connectivity index (χ0) is 34.6. The van der Waals surface area contributed by atoms with Crippen LogP contribution in [0.5, 0.6) is 5.75 Å². The predicted molar refractivity (Wildman–Crippen MR) is 188 cm³/mol. The molecule has 2 aromatic carbocycles. The maximum atomic E-state index is 12.6. The minimum atomic E-state index is -0.447. The van der Waals surface area contributed by atoms with Gasteiger partial charge in [0.05, 0.1) is 19.8 Å². The Labute approximate surface area is 294 Å². The summed E-state index contributed by atoms with van der Waals surface area (Å²) in [5, 5.41) is 8.34. The lowest BCUT2D eigenvalue weighted by molar-refractivity contribution is -0.147. The highest BCUT2D eigenvalue weighted by molar-refractivity contribution is 7.10. The molecule has 0 fully saturated rings. The lowest BCUT2D eigenvalue weighted by atomic mass is 10.0. The Morgan fingerprint density at radius 2 is 1.59 bits per heavy atom. The van der Waals surface area contributed by atoms with Gasteiger partial charge >= 0.3 is 5.97 Å². The first-order valence-corrected chi connectivity index (χ1v) is 16.8. The lowest BCUT2D eigenvalue weighted by Crippen LogP contribution is -2.38. The van der Waals surface area contributed by atoms with Gasteiger partial charge in [0.2, 0.25) is 0 Å². The quantitative estimate of drug-likeness (QED) is 0.170. The standard InChI is InChI=1S/C21H20N4O3.C16H16ClNO2S/c1-28-19-7-6-17(20(26)24-13-15-4-2-8-22-11-15)10-18(19)21(27)25-14-16-5-3-9-23-12-16;1-20-16(19)15(12-4-2-3-5-13(12)17)18-8-6-14-11(10-18)7-9-21-14/h2-12H,13-14H2,1H3,(H,24,26)(H,25,27);2-5,7,9,15H,6,8,10H2,1H3/t;15-/m.0/s1. The van der Waals surface area contributed by atoms with Crippen molar-refractivity contribution in [1.29, 1.82) is 0 Å². The summed E-state index contributed by atoms with van der Waals surface area (Å²) >= 11 is 8.07. The third-order valence-electron chi connectivity index (χ3n) is 7.88. The number of rotatable bonds is 10. The van der Waals surface area contributed by atoms with Gasteiger partial charge in [0.15, 0.2) is 0 Å². The van der Waals surface area contributed by atoms with E-state index in [2.05, 4.69) is 36.9 Å². The Bertz CT molecular complexity index is 1870. The lowest BCUT2D eigenvalue weighted by Gasteiger charge is -2.33. The molecule has 5 aromatic rings. The number of esters is 1. The van der Waals surface area contributed by atoms with Crippen LogP contribution in [0.15, 0.2) is 103 Å². The molecule has 1 aliphatic heterocycles. The molecule has 0 aliphatic carbocycles. The molecule has 0 saturated heterocycles. The molecule has 6 rings (SSSR count). The molecule has 0 bridgehead atoms. The molecular weight excluding hydrogens is 662 g/mol. The molecule has 3 aromatic heterocycles. The summed E-state index contributed by atoms with van der Waals surface area (Å²) in [5.41, 5.74) is 4.53. The van der Waals surface area contributed by atoms with Gasteiger partial charge in [0.25, 0.3) is 11.8 Å². The monoisotopic (exact) mass is 697 g/mol. The second-order valence-corrected chi connectivity index (χ2v) is 12.4. The van der Waals surface area contributed by atoms with Crippen molar-refractivity contribution in [3.05, 3.63) is 146 Å². The third-order valence-corrected chi connectivity index (χ3v) is 9.25. The normalized spacial score (nSPS) is 12.8. The molecule has 4 heterocycles. The van der Waals surface area contributed by atoms with Crippen LogP contribution in [0.3, 0.4) is 0 Å². The van der Waals surface area contributed by atoms with E-state index in [9.17, 15) is 14.4 Å². The van der Waals surface area contributed by atoms with Crippen LogP contribution in [-0.2, 0) is 35.6 Å². The van der Waals surface area contributed by atoms with Gasteiger partial charge in [0, 0.05) is 66.4 Å². The van der Waals surface area contributed by atoms with Gasteiger partial charge in [-0.3, -0.25) is 24.5 Å². The average Bonchev–Trinajstić information content (AvgIpc) is 3.63. The number of carbonyl (C=O) groups is 3. The highest BCUT2D eigenvalue weighted by Gasteiger charge is 2.32.